The number of aliphatic hydroxyl groups excluding tert-OH is 2. The van der Waals surface area contributed by atoms with Gasteiger partial charge in [0, 0.05) is 5.02 Å². The lowest BCUT2D eigenvalue weighted by Crippen LogP contribution is -2.33. The van der Waals surface area contributed by atoms with Gasteiger partial charge in [-0.1, -0.05) is 23.7 Å². The van der Waals surface area contributed by atoms with Crippen molar-refractivity contribution >= 4 is 47.1 Å². The monoisotopic (exact) mass is 499 g/mol. The summed E-state index contributed by atoms with van der Waals surface area (Å²) in [6, 6.07) is 7.21. The molecule has 0 bridgehead atoms. The summed E-state index contributed by atoms with van der Waals surface area (Å²) < 4.78 is 24.6. The molecule has 170 valence electrons. The van der Waals surface area contributed by atoms with Crippen molar-refractivity contribution in [2.24, 2.45) is 0 Å². The first kappa shape index (κ1) is 22.1. The summed E-state index contributed by atoms with van der Waals surface area (Å²) in [5.74, 6) is 0.198. The highest BCUT2D eigenvalue weighted by atomic mass is 35.5. The molecule has 4 N–H and O–H groups in total. The third-order valence-corrected chi connectivity index (χ3v) is 7.83. The Bertz CT molecular complexity index is 1200. The molecule has 2 aromatic heterocycles. The van der Waals surface area contributed by atoms with E-state index < -0.39 is 37.4 Å². The number of nitrogen functional groups attached to an aromatic ring is 1. The summed E-state index contributed by atoms with van der Waals surface area (Å²) in [5, 5.41) is 21.6. The average Bonchev–Trinajstić information content (AvgIpc) is 3.45. The summed E-state index contributed by atoms with van der Waals surface area (Å²) in [7, 11) is 0. The number of aliphatic hydroxyl groups is 2. The lowest BCUT2D eigenvalue weighted by Gasteiger charge is -2.19. The van der Waals surface area contributed by atoms with E-state index in [1.165, 1.54) is 17.2 Å². The van der Waals surface area contributed by atoms with Crippen molar-refractivity contribution in [3.63, 3.8) is 0 Å². The van der Waals surface area contributed by atoms with Crippen LogP contribution in [0.1, 0.15) is 17.9 Å². The highest BCUT2D eigenvalue weighted by molar-refractivity contribution is 8.07. The Labute approximate surface area is 192 Å². The van der Waals surface area contributed by atoms with Crippen LogP contribution in [0.5, 0.6) is 0 Å². The Morgan fingerprint density at radius 1 is 1.28 bits per heavy atom. The van der Waals surface area contributed by atoms with Crippen molar-refractivity contribution in [2.75, 3.05) is 18.9 Å². The van der Waals surface area contributed by atoms with Gasteiger partial charge in [-0.2, -0.15) is 0 Å². The SMILES string of the molecule is Nc1ncnc2c1ncn2[C@@H]1O[C@H](COP2(=S)OCC(c3cccc(Cl)c3)O2)[C@@H](O)[C@H]1O. The van der Waals surface area contributed by atoms with Crippen LogP contribution in [-0.4, -0.2) is 61.3 Å². The molecule has 2 unspecified atom stereocenters. The lowest BCUT2D eigenvalue weighted by atomic mass is 10.1. The van der Waals surface area contributed by atoms with Gasteiger partial charge in [-0.05, 0) is 29.5 Å². The average molecular weight is 500 g/mol. The maximum atomic E-state index is 10.6. The number of aromatic nitrogens is 4. The topological polar surface area (TPSA) is 147 Å². The van der Waals surface area contributed by atoms with Crippen LogP contribution in [0, 0.1) is 0 Å². The van der Waals surface area contributed by atoms with Gasteiger partial charge in [0.25, 0.3) is 0 Å². The number of ether oxygens (including phenoxy) is 1. The lowest BCUT2D eigenvalue weighted by molar-refractivity contribution is -0.0488. The largest absolute Gasteiger partial charge is 0.387 e. The van der Waals surface area contributed by atoms with Crippen LogP contribution in [0.3, 0.4) is 0 Å². The predicted molar refractivity (Wildman–Crippen MR) is 117 cm³/mol. The molecule has 14 heteroatoms. The number of imidazole rings is 1. The number of nitrogens with two attached hydrogens (primary N) is 1. The second kappa shape index (κ2) is 8.56. The molecule has 0 spiro atoms. The fraction of sp³-hybridized carbons (Fsp3) is 0.389. The van der Waals surface area contributed by atoms with Crippen molar-refractivity contribution in [2.45, 2.75) is 30.6 Å². The van der Waals surface area contributed by atoms with Gasteiger partial charge < -0.3 is 29.7 Å². The van der Waals surface area contributed by atoms with Crippen LogP contribution in [0.25, 0.3) is 11.2 Å². The number of hydrogen-bond acceptors (Lipinski definition) is 11. The molecule has 0 saturated carbocycles. The summed E-state index contributed by atoms with van der Waals surface area (Å²) >= 11 is 11.5. The van der Waals surface area contributed by atoms with Crippen molar-refractivity contribution < 1.29 is 28.5 Å². The Balaban J connectivity index is 1.26. The van der Waals surface area contributed by atoms with E-state index in [2.05, 4.69) is 15.0 Å². The van der Waals surface area contributed by atoms with Crippen molar-refractivity contribution in [1.82, 2.24) is 19.5 Å². The summed E-state index contributed by atoms with van der Waals surface area (Å²) in [6.07, 6.45) is -2.06. The molecule has 3 aromatic rings. The zero-order chi connectivity index (χ0) is 22.5. The van der Waals surface area contributed by atoms with Crippen LogP contribution in [0.15, 0.2) is 36.9 Å². The minimum absolute atomic E-state index is 0.141. The Hall–Kier alpha value is -1.73. The first-order chi connectivity index (χ1) is 15.3. The molecule has 0 aliphatic carbocycles. The van der Waals surface area contributed by atoms with Gasteiger partial charge in [-0.3, -0.25) is 9.09 Å². The summed E-state index contributed by atoms with van der Waals surface area (Å²) in [5.41, 5.74) is 7.37. The molecule has 2 aliphatic rings. The van der Waals surface area contributed by atoms with Gasteiger partial charge in [0.1, 0.15) is 36.3 Å². The number of halogens is 1. The summed E-state index contributed by atoms with van der Waals surface area (Å²) in [6.45, 7) is -2.99. The Morgan fingerprint density at radius 3 is 2.94 bits per heavy atom. The quantitative estimate of drug-likeness (QED) is 0.441. The van der Waals surface area contributed by atoms with Crippen LogP contribution in [-0.2, 0) is 30.1 Å². The third-order valence-electron chi connectivity index (χ3n) is 5.26. The zero-order valence-corrected chi connectivity index (χ0v) is 18.9. The van der Waals surface area contributed by atoms with E-state index in [0.29, 0.717) is 16.2 Å². The van der Waals surface area contributed by atoms with Crippen molar-refractivity contribution in [3.8, 4) is 0 Å². The Kier molecular flexibility index (Phi) is 5.91. The molecule has 2 fully saturated rings. The summed E-state index contributed by atoms with van der Waals surface area (Å²) in [4.78, 5) is 12.2. The zero-order valence-electron chi connectivity index (χ0n) is 16.4. The van der Waals surface area contributed by atoms with E-state index in [1.807, 2.05) is 12.1 Å². The van der Waals surface area contributed by atoms with E-state index in [1.54, 1.807) is 12.1 Å². The molecular formula is C18H19ClN5O6PS. The maximum absolute atomic E-state index is 10.6. The molecule has 6 atom stereocenters. The van der Waals surface area contributed by atoms with E-state index >= 15 is 0 Å². The molecule has 32 heavy (non-hydrogen) atoms. The van der Waals surface area contributed by atoms with Crippen LogP contribution in [0.4, 0.5) is 5.82 Å². The first-order valence-electron chi connectivity index (χ1n) is 9.62. The van der Waals surface area contributed by atoms with Gasteiger partial charge in [-0.25, -0.2) is 15.0 Å². The second-order valence-electron chi connectivity index (χ2n) is 7.32. The van der Waals surface area contributed by atoms with E-state index in [4.69, 9.17) is 47.4 Å². The molecule has 2 aliphatic heterocycles. The Morgan fingerprint density at radius 2 is 2.12 bits per heavy atom. The molecule has 0 amide bonds. The molecule has 0 radical (unpaired) electrons. The van der Waals surface area contributed by atoms with E-state index in [0.717, 1.165) is 5.56 Å². The highest BCUT2D eigenvalue weighted by Crippen LogP contribution is 2.59. The predicted octanol–water partition coefficient (Wildman–Crippen LogP) is 1.71. The number of benzene rings is 1. The van der Waals surface area contributed by atoms with Crippen LogP contribution >= 0.6 is 18.3 Å². The first-order valence-corrected chi connectivity index (χ1v) is 12.6. The normalized spacial score (nSPS) is 32.7. The minimum Gasteiger partial charge on any atom is -0.387 e. The molecule has 2 saturated heterocycles. The van der Waals surface area contributed by atoms with Gasteiger partial charge >= 0.3 is 6.72 Å². The van der Waals surface area contributed by atoms with E-state index in [-0.39, 0.29) is 19.0 Å². The fourth-order valence-corrected chi connectivity index (χ4v) is 5.84. The molecule has 4 heterocycles. The molecule has 1 aromatic carbocycles. The smallest absolute Gasteiger partial charge is 0.328 e. The van der Waals surface area contributed by atoms with Gasteiger partial charge in [0.2, 0.25) is 0 Å². The number of hydrogen-bond donors (Lipinski definition) is 3. The van der Waals surface area contributed by atoms with Gasteiger partial charge in [-0.15, -0.1) is 0 Å². The standard InChI is InChI=1S/C18H19ClN5O6PS/c19-10-3-1-2-9(4-10)11-5-27-31(32,30-11)28-6-12-14(25)15(26)18(29-12)24-8-23-13-16(20)21-7-22-17(13)24/h1-4,7-8,11-12,14-15,18,25-26H,5-6H2,(H2,20,21,22)/t11?,12-,14-,15-,18-,31?/m1/s1. The molecule has 11 nitrogen and oxygen atoms in total. The molecular weight excluding hydrogens is 481 g/mol. The number of fused-ring (bicyclic) bond motifs is 1. The molecule has 5 rings (SSSR count). The van der Waals surface area contributed by atoms with Gasteiger partial charge in [0.05, 0.1) is 19.5 Å². The van der Waals surface area contributed by atoms with Crippen LogP contribution in [0.2, 0.25) is 5.02 Å². The number of rotatable bonds is 5. The van der Waals surface area contributed by atoms with Crippen LogP contribution < -0.4 is 5.73 Å². The third kappa shape index (κ3) is 4.03. The fourth-order valence-electron chi connectivity index (χ4n) is 3.63. The maximum Gasteiger partial charge on any atom is 0.328 e. The van der Waals surface area contributed by atoms with E-state index in [9.17, 15) is 10.2 Å². The van der Waals surface area contributed by atoms with Gasteiger partial charge in [0.15, 0.2) is 17.7 Å². The van der Waals surface area contributed by atoms with Crippen molar-refractivity contribution in [3.05, 3.63) is 47.5 Å². The highest BCUT2D eigenvalue weighted by Gasteiger charge is 2.46. The number of anilines is 1. The second-order valence-corrected chi connectivity index (χ2v) is 10.7. The number of nitrogens with zero attached hydrogens (tertiary/aromatic N) is 4. The van der Waals surface area contributed by atoms with Crippen molar-refractivity contribution in [1.29, 1.82) is 0 Å². The minimum atomic E-state index is -3.07.